The van der Waals surface area contributed by atoms with Gasteiger partial charge in [-0.25, -0.2) is 0 Å². The lowest BCUT2D eigenvalue weighted by molar-refractivity contribution is -0.0154. The first-order valence-electron chi connectivity index (χ1n) is 6.80. The van der Waals surface area contributed by atoms with Crippen molar-refractivity contribution in [2.24, 2.45) is 11.8 Å². The summed E-state index contributed by atoms with van der Waals surface area (Å²) in [6.45, 7) is 3.34. The molecule has 0 amide bonds. The molecule has 3 aliphatic rings. The second-order valence-corrected chi connectivity index (χ2v) is 5.79. The van der Waals surface area contributed by atoms with Crippen LogP contribution < -0.4 is 0 Å². The zero-order valence-electron chi connectivity index (χ0n) is 10.2. The van der Waals surface area contributed by atoms with Gasteiger partial charge in [0.1, 0.15) is 0 Å². The highest BCUT2D eigenvalue weighted by Crippen LogP contribution is 2.48. The smallest absolute Gasteiger partial charge is 0.0895 e. The van der Waals surface area contributed by atoms with Gasteiger partial charge in [0, 0.05) is 5.92 Å². The normalized spacial score (nSPS) is 42.9. The van der Waals surface area contributed by atoms with E-state index in [2.05, 4.69) is 25.2 Å². The standard InChI is InChI=1S/C15H22O/c1-12-7-9-15(10-8-12)14-6-4-2-3-5-13(14)11-16-15/h2-3,6,12-13H,4-5,7-11H2,1H3. The Morgan fingerprint density at radius 3 is 2.88 bits per heavy atom. The fraction of sp³-hybridized carbons (Fsp3) is 0.733. The lowest BCUT2D eigenvalue weighted by Crippen LogP contribution is -2.35. The summed E-state index contributed by atoms with van der Waals surface area (Å²) in [5.41, 5.74) is 1.80. The van der Waals surface area contributed by atoms with Crippen LogP contribution in [0.15, 0.2) is 23.8 Å². The number of rotatable bonds is 0. The Labute approximate surface area is 98.6 Å². The molecule has 16 heavy (non-hydrogen) atoms. The van der Waals surface area contributed by atoms with E-state index in [0.717, 1.165) is 18.9 Å². The minimum Gasteiger partial charge on any atom is -0.370 e. The molecule has 1 spiro atoms. The Kier molecular flexibility index (Phi) is 2.67. The highest BCUT2D eigenvalue weighted by molar-refractivity contribution is 5.28. The van der Waals surface area contributed by atoms with Gasteiger partial charge in [-0.2, -0.15) is 0 Å². The number of hydrogen-bond acceptors (Lipinski definition) is 1. The number of ether oxygens (including phenoxy) is 1. The van der Waals surface area contributed by atoms with E-state index in [1.165, 1.54) is 32.1 Å². The Morgan fingerprint density at radius 2 is 2.06 bits per heavy atom. The molecule has 0 N–H and O–H groups in total. The van der Waals surface area contributed by atoms with Crippen LogP contribution in [0, 0.1) is 11.8 Å². The summed E-state index contributed by atoms with van der Waals surface area (Å²) in [4.78, 5) is 0. The van der Waals surface area contributed by atoms with Gasteiger partial charge >= 0.3 is 0 Å². The van der Waals surface area contributed by atoms with Gasteiger partial charge in [-0.1, -0.05) is 25.2 Å². The van der Waals surface area contributed by atoms with Crippen LogP contribution in [0.1, 0.15) is 45.4 Å². The van der Waals surface area contributed by atoms with Crippen LogP contribution in [0.5, 0.6) is 0 Å². The molecule has 1 heterocycles. The number of fused-ring (bicyclic) bond motifs is 2. The third-order valence-electron chi connectivity index (χ3n) is 4.67. The molecule has 88 valence electrons. The van der Waals surface area contributed by atoms with Crippen LogP contribution in [0.2, 0.25) is 0 Å². The van der Waals surface area contributed by atoms with Gasteiger partial charge in [0.05, 0.1) is 12.2 Å². The maximum absolute atomic E-state index is 6.23. The molecule has 1 aliphatic heterocycles. The first-order valence-corrected chi connectivity index (χ1v) is 6.80. The average Bonchev–Trinajstić information content (AvgIpc) is 2.51. The molecule has 0 radical (unpaired) electrons. The van der Waals surface area contributed by atoms with E-state index in [-0.39, 0.29) is 5.60 Å². The summed E-state index contributed by atoms with van der Waals surface area (Å²) in [5, 5.41) is 0. The molecule has 0 aromatic carbocycles. The zero-order valence-corrected chi connectivity index (χ0v) is 10.2. The fourth-order valence-corrected chi connectivity index (χ4v) is 3.57. The largest absolute Gasteiger partial charge is 0.370 e. The van der Waals surface area contributed by atoms with Crippen molar-refractivity contribution in [2.45, 2.75) is 51.0 Å². The van der Waals surface area contributed by atoms with Crippen molar-refractivity contribution in [2.75, 3.05) is 6.61 Å². The van der Waals surface area contributed by atoms with Gasteiger partial charge in [-0.15, -0.1) is 0 Å². The molecule has 0 aromatic rings. The van der Waals surface area contributed by atoms with Crippen molar-refractivity contribution < 1.29 is 4.74 Å². The van der Waals surface area contributed by atoms with E-state index in [1.807, 2.05) is 0 Å². The molecule has 0 bridgehead atoms. The van der Waals surface area contributed by atoms with Gasteiger partial charge in [-0.3, -0.25) is 0 Å². The average molecular weight is 218 g/mol. The predicted octanol–water partition coefficient (Wildman–Crippen LogP) is 3.86. The highest BCUT2D eigenvalue weighted by atomic mass is 16.5. The van der Waals surface area contributed by atoms with E-state index in [1.54, 1.807) is 5.57 Å². The predicted molar refractivity (Wildman–Crippen MR) is 66.3 cm³/mol. The summed E-state index contributed by atoms with van der Waals surface area (Å²) in [5.74, 6) is 1.59. The molecule has 1 atom stereocenters. The molecule has 1 saturated heterocycles. The van der Waals surface area contributed by atoms with Crippen molar-refractivity contribution in [1.82, 2.24) is 0 Å². The molecular formula is C15H22O. The van der Waals surface area contributed by atoms with Crippen LogP contribution in [0.3, 0.4) is 0 Å². The van der Waals surface area contributed by atoms with Gasteiger partial charge in [-0.05, 0) is 50.0 Å². The Hall–Kier alpha value is -0.560. The minimum absolute atomic E-state index is 0.156. The molecule has 2 aliphatic carbocycles. The molecular weight excluding hydrogens is 196 g/mol. The third kappa shape index (κ3) is 1.66. The van der Waals surface area contributed by atoms with Gasteiger partial charge in [0.25, 0.3) is 0 Å². The van der Waals surface area contributed by atoms with Crippen molar-refractivity contribution in [3.05, 3.63) is 23.8 Å². The van der Waals surface area contributed by atoms with Gasteiger partial charge in [0.2, 0.25) is 0 Å². The van der Waals surface area contributed by atoms with E-state index >= 15 is 0 Å². The Balaban J connectivity index is 1.84. The van der Waals surface area contributed by atoms with E-state index in [9.17, 15) is 0 Å². The quantitative estimate of drug-likeness (QED) is 0.561. The lowest BCUT2D eigenvalue weighted by Gasteiger charge is -2.37. The monoisotopic (exact) mass is 218 g/mol. The van der Waals surface area contributed by atoms with Crippen LogP contribution in [-0.2, 0) is 4.74 Å². The van der Waals surface area contributed by atoms with Gasteiger partial charge < -0.3 is 4.74 Å². The maximum atomic E-state index is 6.23. The van der Waals surface area contributed by atoms with E-state index in [0.29, 0.717) is 5.92 Å². The molecule has 3 rings (SSSR count). The summed E-state index contributed by atoms with van der Waals surface area (Å²) in [7, 11) is 0. The minimum atomic E-state index is 0.156. The third-order valence-corrected chi connectivity index (χ3v) is 4.67. The zero-order chi connectivity index (χ0) is 11.0. The van der Waals surface area contributed by atoms with Crippen molar-refractivity contribution in [1.29, 1.82) is 0 Å². The molecule has 1 unspecified atom stereocenters. The summed E-state index contributed by atoms with van der Waals surface area (Å²) < 4.78 is 6.23. The molecule has 1 nitrogen and oxygen atoms in total. The molecule has 1 saturated carbocycles. The highest BCUT2D eigenvalue weighted by Gasteiger charge is 2.46. The number of allylic oxidation sites excluding steroid dienone is 3. The second-order valence-electron chi connectivity index (χ2n) is 5.79. The van der Waals surface area contributed by atoms with Gasteiger partial charge in [0.15, 0.2) is 0 Å². The van der Waals surface area contributed by atoms with Crippen LogP contribution in [-0.4, -0.2) is 12.2 Å². The number of hydrogen-bond donors (Lipinski definition) is 0. The summed E-state index contributed by atoms with van der Waals surface area (Å²) in [6.07, 6.45) is 14.6. The van der Waals surface area contributed by atoms with E-state index in [4.69, 9.17) is 4.74 Å². The van der Waals surface area contributed by atoms with Crippen LogP contribution >= 0.6 is 0 Å². The lowest BCUT2D eigenvalue weighted by atomic mass is 9.73. The van der Waals surface area contributed by atoms with Crippen molar-refractivity contribution in [3.8, 4) is 0 Å². The SMILES string of the molecule is CC1CCC2(CC1)OCC1CC=CCC=C12. The Bertz CT molecular complexity index is 318. The fourth-order valence-electron chi connectivity index (χ4n) is 3.57. The van der Waals surface area contributed by atoms with Crippen molar-refractivity contribution >= 4 is 0 Å². The maximum Gasteiger partial charge on any atom is 0.0895 e. The van der Waals surface area contributed by atoms with E-state index < -0.39 is 0 Å². The van der Waals surface area contributed by atoms with Crippen molar-refractivity contribution in [3.63, 3.8) is 0 Å². The summed E-state index contributed by atoms with van der Waals surface area (Å²) >= 11 is 0. The first kappa shape index (κ1) is 10.6. The molecule has 1 heteroatoms. The summed E-state index contributed by atoms with van der Waals surface area (Å²) in [6, 6.07) is 0. The molecule has 0 aromatic heterocycles. The van der Waals surface area contributed by atoms with Crippen LogP contribution in [0.4, 0.5) is 0 Å². The Morgan fingerprint density at radius 1 is 1.25 bits per heavy atom. The topological polar surface area (TPSA) is 9.23 Å². The first-order chi connectivity index (χ1) is 7.80. The van der Waals surface area contributed by atoms with Crippen LogP contribution in [0.25, 0.3) is 0 Å². The second kappa shape index (κ2) is 4.03. The molecule has 2 fully saturated rings.